The van der Waals surface area contributed by atoms with Crippen LogP contribution in [0.1, 0.15) is 87.1 Å². The molecule has 10 heteroatoms. The number of anilines is 2. The number of aryl methyl sites for hydroxylation is 4. The average Bonchev–Trinajstić information content (AvgIpc) is 3.56. The molecule has 0 fully saturated rings. The minimum Gasteiger partial charge on any atom is -0.442 e. The fourth-order valence-electron chi connectivity index (χ4n) is 8.85. The first-order valence-corrected chi connectivity index (χ1v) is 23.6. The summed E-state index contributed by atoms with van der Waals surface area (Å²) in [5.41, 5.74) is 13.0. The molecule has 8 rings (SSSR count). The Balaban J connectivity index is 1.44. The summed E-state index contributed by atoms with van der Waals surface area (Å²) in [6.07, 6.45) is 8.19. The number of nitrogens with zero attached hydrogens (tertiary/aromatic N) is 2. The number of carbonyl (C=O) groups excluding carboxylic acids is 1. The molecule has 0 bridgehead atoms. The third kappa shape index (κ3) is 8.01. The molecule has 0 saturated heterocycles. The van der Waals surface area contributed by atoms with Gasteiger partial charge in [-0.25, -0.2) is 4.79 Å². The van der Waals surface area contributed by atoms with Crippen molar-refractivity contribution >= 4 is 92.2 Å². The number of ether oxygens (including phenoxy) is 3. The number of cyclic esters (lactones) is 1. The molecular formula is C50H48Br4N2O4. The van der Waals surface area contributed by atoms with E-state index in [0.29, 0.717) is 15.6 Å². The highest BCUT2D eigenvalue weighted by Gasteiger charge is 2.48. The van der Waals surface area contributed by atoms with Crippen LogP contribution >= 0.6 is 63.7 Å². The van der Waals surface area contributed by atoms with Crippen LogP contribution in [0.25, 0.3) is 11.1 Å². The van der Waals surface area contributed by atoms with Crippen LogP contribution in [0.15, 0.2) is 115 Å². The largest absolute Gasteiger partial charge is 0.442 e. The van der Waals surface area contributed by atoms with E-state index in [-0.39, 0.29) is 12.5 Å². The van der Waals surface area contributed by atoms with Crippen LogP contribution in [0.2, 0.25) is 0 Å². The Labute approximate surface area is 387 Å². The molecule has 5 aromatic rings. The fraction of sp³-hybridized carbons (Fsp3) is 0.300. The molecule has 0 radical (unpaired) electrons. The molecule has 2 atom stereocenters. The van der Waals surface area contributed by atoms with E-state index in [1.807, 2.05) is 0 Å². The summed E-state index contributed by atoms with van der Waals surface area (Å²) in [6.45, 7) is 10.3. The van der Waals surface area contributed by atoms with E-state index < -0.39 is 11.6 Å². The van der Waals surface area contributed by atoms with Crippen LogP contribution in [0.4, 0.5) is 11.4 Å². The Kier molecular flexibility index (Phi) is 12.7. The van der Waals surface area contributed by atoms with Gasteiger partial charge in [-0.15, -0.1) is 0 Å². The van der Waals surface area contributed by atoms with Gasteiger partial charge in [-0.05, 0) is 198 Å². The minimum absolute atomic E-state index is 0.0476. The van der Waals surface area contributed by atoms with Gasteiger partial charge in [-0.3, -0.25) is 0 Å². The van der Waals surface area contributed by atoms with Crippen molar-refractivity contribution in [3.63, 3.8) is 0 Å². The first-order chi connectivity index (χ1) is 28.8. The van der Waals surface area contributed by atoms with Gasteiger partial charge in [-0.2, -0.15) is 0 Å². The summed E-state index contributed by atoms with van der Waals surface area (Å²) in [5.74, 6) is -0.422. The molecule has 6 nitrogen and oxygen atoms in total. The van der Waals surface area contributed by atoms with E-state index in [4.69, 9.17) is 14.2 Å². The first-order valence-electron chi connectivity index (χ1n) is 20.4. The lowest BCUT2D eigenvalue weighted by molar-refractivity contribution is 0.0298. The van der Waals surface area contributed by atoms with Crippen molar-refractivity contribution in [2.45, 2.75) is 71.4 Å². The van der Waals surface area contributed by atoms with Gasteiger partial charge in [0, 0.05) is 62.1 Å². The van der Waals surface area contributed by atoms with Crippen LogP contribution in [-0.4, -0.2) is 45.7 Å². The number of methoxy groups -OCH3 is 2. The van der Waals surface area contributed by atoms with Crippen LogP contribution in [0.5, 0.6) is 0 Å². The summed E-state index contributed by atoms with van der Waals surface area (Å²) in [5, 5.41) is 0. The molecule has 60 heavy (non-hydrogen) atoms. The number of rotatable bonds is 10. The first kappa shape index (κ1) is 43.2. The van der Waals surface area contributed by atoms with Crippen LogP contribution in [-0.2, 0) is 32.7 Å². The zero-order valence-corrected chi connectivity index (χ0v) is 41.0. The van der Waals surface area contributed by atoms with Gasteiger partial charge in [0.1, 0.15) is 12.5 Å². The lowest BCUT2D eigenvalue weighted by Crippen LogP contribution is -2.38. The second-order valence-corrected chi connectivity index (χ2v) is 19.2. The second kappa shape index (κ2) is 17.7. The highest BCUT2D eigenvalue weighted by molar-refractivity contribution is 9.15. The SMILES string of the molecule is COC(C)N1CCCc2cc(C(=CC3(C=C(c4ccc(C)cc4)c4ccc5c(c4)CCCN5C(C)OC)OC(=O)c4c(Br)c(Br)c(Br)c(Br)c43)c3ccc(C)cc3)ccc21. The van der Waals surface area contributed by atoms with Crippen molar-refractivity contribution < 1.29 is 19.0 Å². The quantitative estimate of drug-likeness (QED) is 0.0789. The Morgan fingerprint density at radius 2 is 1.05 bits per heavy atom. The molecule has 0 aliphatic carbocycles. The molecule has 0 spiro atoms. The zero-order chi connectivity index (χ0) is 42.5. The smallest absolute Gasteiger partial charge is 0.341 e. The fourth-order valence-corrected chi connectivity index (χ4v) is 11.4. The van der Waals surface area contributed by atoms with Gasteiger partial charge in [0.25, 0.3) is 0 Å². The molecule has 0 amide bonds. The van der Waals surface area contributed by atoms with Gasteiger partial charge in [0.2, 0.25) is 0 Å². The minimum atomic E-state index is -1.38. The topological polar surface area (TPSA) is 51.2 Å². The number of carbonyl (C=O) groups is 1. The molecule has 0 saturated carbocycles. The van der Waals surface area contributed by atoms with Crippen LogP contribution < -0.4 is 9.80 Å². The maximum absolute atomic E-state index is 14.6. The van der Waals surface area contributed by atoms with Crippen LogP contribution in [0, 0.1) is 13.8 Å². The lowest BCUT2D eigenvalue weighted by Gasteiger charge is -2.36. The Morgan fingerprint density at radius 1 is 0.633 bits per heavy atom. The Hall–Kier alpha value is -3.51. The van der Waals surface area contributed by atoms with E-state index in [9.17, 15) is 4.79 Å². The van der Waals surface area contributed by atoms with E-state index in [1.165, 1.54) is 22.5 Å². The third-order valence-corrected chi connectivity index (χ3v) is 17.0. The van der Waals surface area contributed by atoms with Gasteiger partial charge >= 0.3 is 5.97 Å². The van der Waals surface area contributed by atoms with E-state index in [1.54, 1.807) is 14.2 Å². The van der Waals surface area contributed by atoms with Gasteiger partial charge < -0.3 is 24.0 Å². The van der Waals surface area contributed by atoms with E-state index in [0.717, 1.165) is 96.7 Å². The average molecular weight is 1060 g/mol. The van der Waals surface area contributed by atoms with Crippen molar-refractivity contribution in [3.05, 3.63) is 171 Å². The molecule has 310 valence electrons. The number of fused-ring (bicyclic) bond motifs is 3. The maximum Gasteiger partial charge on any atom is 0.341 e. The summed E-state index contributed by atoms with van der Waals surface area (Å²) >= 11 is 15.4. The van der Waals surface area contributed by atoms with Gasteiger partial charge in [0.15, 0.2) is 5.60 Å². The maximum atomic E-state index is 14.6. The number of esters is 1. The van der Waals surface area contributed by atoms with Crippen LogP contribution in [0.3, 0.4) is 0 Å². The molecule has 0 N–H and O–H groups in total. The summed E-state index contributed by atoms with van der Waals surface area (Å²) in [4.78, 5) is 19.2. The third-order valence-electron chi connectivity index (χ3n) is 12.2. The standard InChI is InChI=1S/C50H48Br4N2O4/c1-29-11-15-33(16-12-29)39(35-19-21-41-37(25-35)9-7-23-55(41)31(3)58-5)27-50(44-43(49(57)60-50)45(51)47(53)48(54)46(44)52)28-40(34-17-13-30(2)14-18-34)36-20-22-42-38(26-36)10-8-24-56(42)32(4)59-6/h11-22,25-28,31-32H,7-10,23-24H2,1-6H3. The Morgan fingerprint density at radius 3 is 1.48 bits per heavy atom. The number of hydrogen-bond donors (Lipinski definition) is 0. The van der Waals surface area contributed by atoms with E-state index >= 15 is 0 Å². The molecule has 3 aliphatic heterocycles. The van der Waals surface area contributed by atoms with E-state index in [2.05, 4.69) is 198 Å². The van der Waals surface area contributed by atoms with Crippen molar-refractivity contribution in [1.82, 2.24) is 0 Å². The molecule has 5 aromatic carbocycles. The number of benzene rings is 5. The predicted octanol–water partition coefficient (Wildman–Crippen LogP) is 13.5. The molecule has 0 aromatic heterocycles. The number of halogens is 4. The second-order valence-electron chi connectivity index (χ2n) is 16.0. The molecule has 3 heterocycles. The summed E-state index contributed by atoms with van der Waals surface area (Å²) in [6, 6.07) is 30.6. The Bertz CT molecular complexity index is 2400. The summed E-state index contributed by atoms with van der Waals surface area (Å²) in [7, 11) is 3.52. The normalized spacial score (nSPS) is 18.8. The van der Waals surface area contributed by atoms with Crippen molar-refractivity contribution in [1.29, 1.82) is 0 Å². The number of hydrogen-bond acceptors (Lipinski definition) is 6. The monoisotopic (exact) mass is 1060 g/mol. The van der Waals surface area contributed by atoms with Crippen molar-refractivity contribution in [2.24, 2.45) is 0 Å². The lowest BCUT2D eigenvalue weighted by atomic mass is 9.82. The predicted molar refractivity (Wildman–Crippen MR) is 258 cm³/mol. The van der Waals surface area contributed by atoms with Crippen molar-refractivity contribution in [2.75, 3.05) is 37.1 Å². The molecular weight excluding hydrogens is 1010 g/mol. The van der Waals surface area contributed by atoms with Gasteiger partial charge in [0.05, 0.1) is 5.56 Å². The van der Waals surface area contributed by atoms with Gasteiger partial charge in [-0.1, -0.05) is 71.8 Å². The summed E-state index contributed by atoms with van der Waals surface area (Å²) < 4.78 is 21.3. The molecule has 3 aliphatic rings. The van der Waals surface area contributed by atoms with Crippen molar-refractivity contribution in [3.8, 4) is 0 Å². The molecule has 2 unspecified atom stereocenters. The highest BCUT2D eigenvalue weighted by atomic mass is 79.9. The highest BCUT2D eigenvalue weighted by Crippen LogP contribution is 2.54. The zero-order valence-electron chi connectivity index (χ0n) is 34.7.